The zero-order valence-electron chi connectivity index (χ0n) is 9.84. The van der Waals surface area contributed by atoms with Gasteiger partial charge in [-0.1, -0.05) is 32.6 Å². The molecule has 1 saturated carbocycles. The van der Waals surface area contributed by atoms with Crippen molar-refractivity contribution in [1.29, 1.82) is 0 Å². The van der Waals surface area contributed by atoms with Gasteiger partial charge in [0.05, 0.1) is 11.7 Å². The molecular weight excluding hydrogens is 176 g/mol. The van der Waals surface area contributed by atoms with Gasteiger partial charge >= 0.3 is 0 Å². The normalized spacial score (nSPS) is 19.9. The lowest BCUT2D eigenvalue weighted by molar-refractivity contribution is -0.381. The van der Waals surface area contributed by atoms with Gasteiger partial charge in [0, 0.05) is 0 Å². The van der Waals surface area contributed by atoms with E-state index in [4.69, 9.17) is 9.78 Å². The lowest BCUT2D eigenvalue weighted by Crippen LogP contribution is -2.28. The molecule has 1 aliphatic rings. The highest BCUT2D eigenvalue weighted by molar-refractivity contribution is 4.67. The summed E-state index contributed by atoms with van der Waals surface area (Å²) in [6, 6.07) is 0. The van der Waals surface area contributed by atoms with E-state index in [1.54, 1.807) is 0 Å². The molecule has 84 valence electrons. The first kappa shape index (κ1) is 12.0. The van der Waals surface area contributed by atoms with Crippen molar-refractivity contribution in [1.82, 2.24) is 0 Å². The largest absolute Gasteiger partial charge is 0.233 e. The highest BCUT2D eigenvalue weighted by atomic mass is 17.2. The maximum Gasteiger partial charge on any atom is 0.0980 e. The summed E-state index contributed by atoms with van der Waals surface area (Å²) in [6.45, 7) is 6.37. The minimum atomic E-state index is -0.119. The standard InChI is InChI=1S/C12H24O2/c1-4-10-12(2,3)14-13-11-8-6-5-7-9-11/h11H,4-10H2,1-3H3. The molecule has 0 atom stereocenters. The van der Waals surface area contributed by atoms with Crippen molar-refractivity contribution in [3.63, 3.8) is 0 Å². The average Bonchev–Trinajstić information content (AvgIpc) is 2.17. The Morgan fingerprint density at radius 3 is 2.36 bits per heavy atom. The first-order valence-corrected chi connectivity index (χ1v) is 5.98. The second-order valence-electron chi connectivity index (χ2n) is 4.95. The van der Waals surface area contributed by atoms with Crippen LogP contribution in [0.4, 0.5) is 0 Å². The van der Waals surface area contributed by atoms with E-state index in [0.29, 0.717) is 6.10 Å². The summed E-state index contributed by atoms with van der Waals surface area (Å²) in [7, 11) is 0. The Morgan fingerprint density at radius 1 is 1.14 bits per heavy atom. The lowest BCUT2D eigenvalue weighted by Gasteiger charge is -2.28. The monoisotopic (exact) mass is 200 g/mol. The fraction of sp³-hybridized carbons (Fsp3) is 1.00. The summed E-state index contributed by atoms with van der Waals surface area (Å²) in [5.41, 5.74) is -0.119. The van der Waals surface area contributed by atoms with Crippen molar-refractivity contribution < 1.29 is 9.78 Å². The van der Waals surface area contributed by atoms with E-state index in [1.165, 1.54) is 32.1 Å². The van der Waals surface area contributed by atoms with Gasteiger partial charge in [0.1, 0.15) is 0 Å². The number of hydrogen-bond acceptors (Lipinski definition) is 2. The molecule has 0 radical (unpaired) electrons. The Morgan fingerprint density at radius 2 is 1.79 bits per heavy atom. The van der Waals surface area contributed by atoms with Crippen molar-refractivity contribution >= 4 is 0 Å². The van der Waals surface area contributed by atoms with E-state index in [-0.39, 0.29) is 5.60 Å². The summed E-state index contributed by atoms with van der Waals surface area (Å²) in [4.78, 5) is 11.0. The van der Waals surface area contributed by atoms with Gasteiger partial charge in [0.2, 0.25) is 0 Å². The van der Waals surface area contributed by atoms with Crippen molar-refractivity contribution in [3.05, 3.63) is 0 Å². The molecule has 0 saturated heterocycles. The Bertz CT molecular complexity index is 148. The van der Waals surface area contributed by atoms with E-state index in [9.17, 15) is 0 Å². The molecule has 0 amide bonds. The van der Waals surface area contributed by atoms with E-state index >= 15 is 0 Å². The van der Waals surface area contributed by atoms with E-state index in [0.717, 1.165) is 12.8 Å². The zero-order valence-corrected chi connectivity index (χ0v) is 9.84. The predicted octanol–water partition coefficient (Wildman–Crippen LogP) is 3.85. The summed E-state index contributed by atoms with van der Waals surface area (Å²) in [6.07, 6.45) is 8.83. The second-order valence-corrected chi connectivity index (χ2v) is 4.95. The van der Waals surface area contributed by atoms with E-state index < -0.39 is 0 Å². The minimum Gasteiger partial charge on any atom is -0.233 e. The maximum atomic E-state index is 5.51. The Labute approximate surface area is 87.9 Å². The number of rotatable bonds is 5. The van der Waals surface area contributed by atoms with E-state index in [1.807, 2.05) is 0 Å². The van der Waals surface area contributed by atoms with Crippen molar-refractivity contribution in [2.24, 2.45) is 0 Å². The molecule has 0 aromatic rings. The molecule has 0 bridgehead atoms. The fourth-order valence-corrected chi connectivity index (χ4v) is 2.00. The minimum absolute atomic E-state index is 0.119. The van der Waals surface area contributed by atoms with Crippen LogP contribution in [0.5, 0.6) is 0 Å². The van der Waals surface area contributed by atoms with Crippen LogP contribution in [0.2, 0.25) is 0 Å². The van der Waals surface area contributed by atoms with Crippen molar-refractivity contribution in [3.8, 4) is 0 Å². The quantitative estimate of drug-likeness (QED) is 0.496. The van der Waals surface area contributed by atoms with Gasteiger partial charge in [-0.2, -0.15) is 0 Å². The smallest absolute Gasteiger partial charge is 0.0980 e. The molecule has 0 aromatic carbocycles. The number of hydrogen-bond donors (Lipinski definition) is 0. The second kappa shape index (κ2) is 5.72. The molecule has 1 fully saturated rings. The third kappa shape index (κ3) is 4.43. The Hall–Kier alpha value is -0.0800. The third-order valence-corrected chi connectivity index (χ3v) is 2.81. The molecule has 2 heteroatoms. The molecule has 0 aromatic heterocycles. The van der Waals surface area contributed by atoms with Gasteiger partial charge in [0.15, 0.2) is 0 Å². The summed E-state index contributed by atoms with van der Waals surface area (Å²) >= 11 is 0. The van der Waals surface area contributed by atoms with Crippen LogP contribution in [0.15, 0.2) is 0 Å². The van der Waals surface area contributed by atoms with Gasteiger partial charge < -0.3 is 0 Å². The van der Waals surface area contributed by atoms with Crippen LogP contribution in [-0.4, -0.2) is 11.7 Å². The van der Waals surface area contributed by atoms with Crippen LogP contribution in [0.1, 0.15) is 65.7 Å². The van der Waals surface area contributed by atoms with Crippen molar-refractivity contribution in [2.75, 3.05) is 0 Å². The molecular formula is C12H24O2. The van der Waals surface area contributed by atoms with Crippen LogP contribution < -0.4 is 0 Å². The van der Waals surface area contributed by atoms with Gasteiger partial charge in [0.25, 0.3) is 0 Å². The predicted molar refractivity (Wildman–Crippen MR) is 58.0 cm³/mol. The van der Waals surface area contributed by atoms with Crippen LogP contribution in [0.25, 0.3) is 0 Å². The zero-order chi connectivity index (χ0) is 10.4. The van der Waals surface area contributed by atoms with Gasteiger partial charge in [-0.3, -0.25) is 0 Å². The SMILES string of the molecule is CCCC(C)(C)OOC1CCCCC1. The molecule has 2 nitrogen and oxygen atoms in total. The molecule has 0 N–H and O–H groups in total. The summed E-state index contributed by atoms with van der Waals surface area (Å²) in [5.74, 6) is 0. The highest BCUT2D eigenvalue weighted by Gasteiger charge is 2.22. The Kier molecular flexibility index (Phi) is 4.90. The van der Waals surface area contributed by atoms with Crippen LogP contribution >= 0.6 is 0 Å². The molecule has 0 heterocycles. The Balaban J connectivity index is 2.17. The molecule has 0 unspecified atom stereocenters. The average molecular weight is 200 g/mol. The molecule has 14 heavy (non-hydrogen) atoms. The van der Waals surface area contributed by atoms with Crippen molar-refractivity contribution in [2.45, 2.75) is 77.4 Å². The molecule has 0 spiro atoms. The van der Waals surface area contributed by atoms with Gasteiger partial charge in [-0.05, 0) is 33.1 Å². The summed E-state index contributed by atoms with van der Waals surface area (Å²) < 4.78 is 0. The maximum absolute atomic E-state index is 5.51. The first-order chi connectivity index (χ1) is 6.64. The topological polar surface area (TPSA) is 18.5 Å². The van der Waals surface area contributed by atoms with Crippen LogP contribution in [0.3, 0.4) is 0 Å². The van der Waals surface area contributed by atoms with Crippen LogP contribution in [-0.2, 0) is 9.78 Å². The highest BCUT2D eigenvalue weighted by Crippen LogP contribution is 2.24. The summed E-state index contributed by atoms with van der Waals surface area (Å²) in [5, 5.41) is 0. The van der Waals surface area contributed by atoms with E-state index in [2.05, 4.69) is 20.8 Å². The van der Waals surface area contributed by atoms with Gasteiger partial charge in [-0.25, -0.2) is 9.78 Å². The van der Waals surface area contributed by atoms with Crippen LogP contribution in [0, 0.1) is 0 Å². The molecule has 0 aliphatic heterocycles. The molecule has 1 aliphatic carbocycles. The first-order valence-electron chi connectivity index (χ1n) is 5.98. The molecule has 1 rings (SSSR count). The fourth-order valence-electron chi connectivity index (χ4n) is 2.00. The van der Waals surface area contributed by atoms with Gasteiger partial charge in [-0.15, -0.1) is 0 Å². The third-order valence-electron chi connectivity index (χ3n) is 2.81. The lowest BCUT2D eigenvalue weighted by atomic mass is 9.98.